The van der Waals surface area contributed by atoms with Crippen LogP contribution in [0.2, 0.25) is 0 Å². The van der Waals surface area contributed by atoms with E-state index in [9.17, 15) is 0 Å². The predicted octanol–water partition coefficient (Wildman–Crippen LogP) is 3.43. The molecule has 0 spiro atoms. The summed E-state index contributed by atoms with van der Waals surface area (Å²) in [5, 5.41) is 3.21. The molecule has 2 nitrogen and oxygen atoms in total. The lowest BCUT2D eigenvalue weighted by molar-refractivity contribution is 1.12. The largest absolute Gasteiger partial charge is 0.386 e. The van der Waals surface area contributed by atoms with Crippen LogP contribution in [0, 0.1) is 0 Å². The molecule has 0 aliphatic carbocycles. The molecule has 2 aromatic carbocycles. The van der Waals surface area contributed by atoms with Gasteiger partial charge in [-0.3, -0.25) is 4.99 Å². The standard InChI is InChI=1S/C16H16N2/c1-17-15(13-9-5-3-6-10-13)16(18-2)14-11-7-4-8-12-14/h3-12,18H,1H2,2H3/b16-15-. The molecule has 0 unspecified atom stereocenters. The summed E-state index contributed by atoms with van der Waals surface area (Å²) >= 11 is 0. The summed E-state index contributed by atoms with van der Waals surface area (Å²) in [5.74, 6) is 0. The molecule has 0 saturated carbocycles. The van der Waals surface area contributed by atoms with E-state index in [0.717, 1.165) is 22.5 Å². The average Bonchev–Trinajstić information content (AvgIpc) is 2.46. The van der Waals surface area contributed by atoms with Gasteiger partial charge in [-0.15, -0.1) is 0 Å². The van der Waals surface area contributed by atoms with Gasteiger partial charge in [0, 0.05) is 12.6 Å². The van der Waals surface area contributed by atoms with Gasteiger partial charge in [-0.1, -0.05) is 60.7 Å². The lowest BCUT2D eigenvalue weighted by Gasteiger charge is -2.12. The minimum absolute atomic E-state index is 0.865. The zero-order valence-corrected chi connectivity index (χ0v) is 10.4. The van der Waals surface area contributed by atoms with Gasteiger partial charge in [0.1, 0.15) is 0 Å². The Balaban J connectivity index is 2.57. The highest BCUT2D eigenvalue weighted by molar-refractivity contribution is 5.90. The molecule has 0 aromatic heterocycles. The number of benzene rings is 2. The molecule has 0 aliphatic rings. The molecule has 2 rings (SSSR count). The average molecular weight is 236 g/mol. The van der Waals surface area contributed by atoms with Crippen LogP contribution in [0.5, 0.6) is 0 Å². The first-order valence-electron chi connectivity index (χ1n) is 5.86. The van der Waals surface area contributed by atoms with Crippen LogP contribution in [0.1, 0.15) is 11.1 Å². The fourth-order valence-corrected chi connectivity index (χ4v) is 1.91. The van der Waals surface area contributed by atoms with Crippen LogP contribution in [0.3, 0.4) is 0 Å². The van der Waals surface area contributed by atoms with Crippen molar-refractivity contribution in [2.45, 2.75) is 0 Å². The van der Waals surface area contributed by atoms with Crippen molar-refractivity contribution in [1.82, 2.24) is 5.32 Å². The first kappa shape index (κ1) is 12.1. The van der Waals surface area contributed by atoms with Gasteiger partial charge in [0.15, 0.2) is 0 Å². The van der Waals surface area contributed by atoms with E-state index in [1.165, 1.54) is 0 Å². The van der Waals surface area contributed by atoms with Gasteiger partial charge in [-0.2, -0.15) is 0 Å². The van der Waals surface area contributed by atoms with E-state index >= 15 is 0 Å². The molecule has 0 aliphatic heterocycles. The van der Waals surface area contributed by atoms with Crippen LogP contribution in [0.4, 0.5) is 0 Å². The summed E-state index contributed by atoms with van der Waals surface area (Å²) in [6.07, 6.45) is 0. The molecule has 2 aromatic rings. The third kappa shape index (κ3) is 2.48. The zero-order chi connectivity index (χ0) is 12.8. The van der Waals surface area contributed by atoms with Crippen LogP contribution in [0.15, 0.2) is 65.7 Å². The lowest BCUT2D eigenvalue weighted by atomic mass is 10.1. The number of aliphatic imine (C=N–C) groups is 1. The molecule has 0 radical (unpaired) electrons. The van der Waals surface area contributed by atoms with E-state index in [4.69, 9.17) is 0 Å². The minimum Gasteiger partial charge on any atom is -0.386 e. The maximum atomic E-state index is 4.17. The van der Waals surface area contributed by atoms with Crippen molar-refractivity contribution < 1.29 is 0 Å². The topological polar surface area (TPSA) is 24.4 Å². The Morgan fingerprint density at radius 2 is 1.39 bits per heavy atom. The quantitative estimate of drug-likeness (QED) is 0.638. The number of rotatable bonds is 4. The Bertz CT molecular complexity index is 542. The van der Waals surface area contributed by atoms with Gasteiger partial charge in [-0.05, 0) is 12.3 Å². The lowest BCUT2D eigenvalue weighted by Crippen LogP contribution is -2.07. The highest BCUT2D eigenvalue weighted by Crippen LogP contribution is 2.24. The maximum Gasteiger partial charge on any atom is 0.0932 e. The Morgan fingerprint density at radius 1 is 0.889 bits per heavy atom. The van der Waals surface area contributed by atoms with Crippen LogP contribution < -0.4 is 5.32 Å². The van der Waals surface area contributed by atoms with Crippen LogP contribution in [-0.4, -0.2) is 13.8 Å². The second-order valence-electron chi connectivity index (χ2n) is 3.86. The third-order valence-corrected chi connectivity index (χ3v) is 2.75. The highest BCUT2D eigenvalue weighted by atomic mass is 14.9. The van der Waals surface area contributed by atoms with Gasteiger partial charge in [0.25, 0.3) is 0 Å². The van der Waals surface area contributed by atoms with Crippen molar-refractivity contribution in [2.75, 3.05) is 7.05 Å². The molecule has 1 N–H and O–H groups in total. The molecule has 0 atom stereocenters. The molecule has 90 valence electrons. The van der Waals surface area contributed by atoms with E-state index in [2.05, 4.69) is 29.2 Å². The van der Waals surface area contributed by atoms with E-state index in [-0.39, 0.29) is 0 Å². The van der Waals surface area contributed by atoms with Crippen LogP contribution in [-0.2, 0) is 0 Å². The molecular formula is C16H16N2. The van der Waals surface area contributed by atoms with Crippen molar-refractivity contribution >= 4 is 18.1 Å². The fourth-order valence-electron chi connectivity index (χ4n) is 1.91. The normalized spacial score (nSPS) is 11.6. The summed E-state index contributed by atoms with van der Waals surface area (Å²) in [4.78, 5) is 4.17. The van der Waals surface area contributed by atoms with Crippen molar-refractivity contribution in [2.24, 2.45) is 4.99 Å². The number of hydrogen-bond donors (Lipinski definition) is 1. The van der Waals surface area contributed by atoms with Crippen LogP contribution in [0.25, 0.3) is 11.4 Å². The molecule has 0 saturated heterocycles. The second kappa shape index (κ2) is 5.82. The minimum atomic E-state index is 0.865. The molecular weight excluding hydrogens is 220 g/mol. The van der Waals surface area contributed by atoms with Crippen molar-refractivity contribution in [3.05, 3.63) is 71.8 Å². The molecule has 2 heteroatoms. The van der Waals surface area contributed by atoms with E-state index < -0.39 is 0 Å². The fraction of sp³-hybridized carbons (Fsp3) is 0.0625. The monoisotopic (exact) mass is 236 g/mol. The molecule has 18 heavy (non-hydrogen) atoms. The molecule has 0 heterocycles. The van der Waals surface area contributed by atoms with Crippen LogP contribution >= 0.6 is 0 Å². The highest BCUT2D eigenvalue weighted by Gasteiger charge is 2.08. The molecule has 0 bridgehead atoms. The Morgan fingerprint density at radius 3 is 1.83 bits per heavy atom. The van der Waals surface area contributed by atoms with E-state index in [0.29, 0.717) is 0 Å². The number of nitrogens with one attached hydrogen (secondary N) is 1. The number of hydrogen-bond acceptors (Lipinski definition) is 2. The van der Waals surface area contributed by atoms with Crippen molar-refractivity contribution in [1.29, 1.82) is 0 Å². The van der Waals surface area contributed by atoms with Gasteiger partial charge < -0.3 is 5.32 Å². The van der Waals surface area contributed by atoms with Crippen molar-refractivity contribution in [3.63, 3.8) is 0 Å². The first-order valence-corrected chi connectivity index (χ1v) is 5.86. The Hall–Kier alpha value is -2.35. The smallest absolute Gasteiger partial charge is 0.0932 e. The van der Waals surface area contributed by atoms with Gasteiger partial charge in [0.05, 0.1) is 11.4 Å². The van der Waals surface area contributed by atoms with Gasteiger partial charge in [-0.25, -0.2) is 0 Å². The first-order chi connectivity index (χ1) is 8.86. The van der Waals surface area contributed by atoms with E-state index in [1.54, 1.807) is 0 Å². The predicted molar refractivity (Wildman–Crippen MR) is 78.3 cm³/mol. The van der Waals surface area contributed by atoms with E-state index in [1.807, 2.05) is 55.6 Å². The van der Waals surface area contributed by atoms with Gasteiger partial charge >= 0.3 is 0 Å². The van der Waals surface area contributed by atoms with Crippen molar-refractivity contribution in [3.8, 4) is 0 Å². The Kier molecular flexibility index (Phi) is 3.92. The third-order valence-electron chi connectivity index (χ3n) is 2.75. The van der Waals surface area contributed by atoms with Gasteiger partial charge in [0.2, 0.25) is 0 Å². The summed E-state index contributed by atoms with van der Waals surface area (Å²) in [7, 11) is 1.90. The summed E-state index contributed by atoms with van der Waals surface area (Å²) in [6, 6.07) is 20.2. The number of nitrogens with zero attached hydrogens (tertiary/aromatic N) is 1. The SMILES string of the molecule is C=N/C(=C(\NC)c1ccccc1)c1ccccc1. The molecule has 0 amide bonds. The summed E-state index contributed by atoms with van der Waals surface area (Å²) in [6.45, 7) is 3.68. The second-order valence-corrected chi connectivity index (χ2v) is 3.86. The Labute approximate surface area is 108 Å². The maximum absolute atomic E-state index is 4.17. The zero-order valence-electron chi connectivity index (χ0n) is 10.4. The molecule has 0 fully saturated rings. The summed E-state index contributed by atoms with van der Waals surface area (Å²) < 4.78 is 0. The summed E-state index contributed by atoms with van der Waals surface area (Å²) in [5.41, 5.74) is 4.01.